The highest BCUT2D eigenvalue weighted by Gasteiger charge is 2.34. The van der Waals surface area contributed by atoms with Crippen LogP contribution in [0.4, 0.5) is 10.5 Å². The molecule has 0 spiro atoms. The maximum atomic E-state index is 12.4. The molecule has 0 unspecified atom stereocenters. The molecular weight excluding hydrogens is 496 g/mol. The summed E-state index contributed by atoms with van der Waals surface area (Å²) in [5.41, 5.74) is 2.41. The van der Waals surface area contributed by atoms with E-state index >= 15 is 0 Å². The number of thioether (sulfide) groups is 1. The van der Waals surface area contributed by atoms with E-state index in [1.807, 2.05) is 31.2 Å². The van der Waals surface area contributed by atoms with Gasteiger partial charge in [0.2, 0.25) is 0 Å². The lowest BCUT2D eigenvalue weighted by Gasteiger charge is -2.14. The summed E-state index contributed by atoms with van der Waals surface area (Å²) < 4.78 is 11.6. The van der Waals surface area contributed by atoms with Crippen molar-refractivity contribution in [3.8, 4) is 11.5 Å². The Labute approximate surface area is 198 Å². The monoisotopic (exact) mass is 516 g/mol. The molecule has 0 atom stereocenters. The quantitative estimate of drug-likeness (QED) is 0.392. The minimum atomic E-state index is -0.372. The molecule has 32 heavy (non-hydrogen) atoms. The van der Waals surface area contributed by atoms with Gasteiger partial charge in [0.1, 0.15) is 0 Å². The molecule has 1 fully saturated rings. The average Bonchev–Trinajstić information content (AvgIpc) is 3.02. The van der Waals surface area contributed by atoms with E-state index < -0.39 is 0 Å². The van der Waals surface area contributed by atoms with Gasteiger partial charge in [-0.2, -0.15) is 0 Å². The Bertz CT molecular complexity index is 1100. The van der Waals surface area contributed by atoms with Crippen molar-refractivity contribution in [3.63, 3.8) is 0 Å². The fraction of sp³-hybridized carbons (Fsp3) is 0.174. The number of anilines is 1. The number of halogens is 1. The SMILES string of the molecule is C=CCN1C(=O)S/C(=C/c2cc(Br)c(OCC(=O)Nc3ccc(C)cc3)c(OC)c2)C1=O. The Morgan fingerprint density at radius 3 is 2.62 bits per heavy atom. The van der Waals surface area contributed by atoms with Crippen molar-refractivity contribution in [3.05, 3.63) is 69.6 Å². The number of benzene rings is 2. The van der Waals surface area contributed by atoms with E-state index in [-0.39, 0.29) is 30.2 Å². The van der Waals surface area contributed by atoms with Gasteiger partial charge in [-0.1, -0.05) is 23.8 Å². The van der Waals surface area contributed by atoms with Crippen LogP contribution >= 0.6 is 27.7 Å². The van der Waals surface area contributed by atoms with Gasteiger partial charge in [-0.15, -0.1) is 6.58 Å². The zero-order valence-electron chi connectivity index (χ0n) is 17.5. The highest BCUT2D eigenvalue weighted by Crippen LogP contribution is 2.39. The van der Waals surface area contributed by atoms with Crippen LogP contribution in [0.5, 0.6) is 11.5 Å². The third kappa shape index (κ3) is 5.60. The second-order valence-electron chi connectivity index (χ2n) is 6.82. The maximum absolute atomic E-state index is 12.4. The number of amides is 3. The van der Waals surface area contributed by atoms with E-state index in [4.69, 9.17) is 9.47 Å². The Morgan fingerprint density at radius 1 is 1.25 bits per heavy atom. The number of nitrogens with one attached hydrogen (secondary N) is 1. The third-order valence-electron chi connectivity index (χ3n) is 4.42. The van der Waals surface area contributed by atoms with Gasteiger partial charge in [0, 0.05) is 12.2 Å². The van der Waals surface area contributed by atoms with Gasteiger partial charge >= 0.3 is 0 Å². The van der Waals surface area contributed by atoms with Crippen molar-refractivity contribution >= 4 is 56.5 Å². The number of ether oxygens (including phenoxy) is 2. The normalized spacial score (nSPS) is 14.6. The molecular formula is C23H21BrN2O5S. The first kappa shape index (κ1) is 23.6. The van der Waals surface area contributed by atoms with Gasteiger partial charge in [0.15, 0.2) is 18.1 Å². The molecule has 2 aromatic carbocycles. The zero-order chi connectivity index (χ0) is 23.3. The second-order valence-corrected chi connectivity index (χ2v) is 8.67. The first-order chi connectivity index (χ1) is 15.3. The van der Waals surface area contributed by atoms with E-state index in [1.54, 1.807) is 18.2 Å². The molecule has 0 aliphatic carbocycles. The van der Waals surface area contributed by atoms with Crippen LogP contribution in [0.15, 0.2) is 58.4 Å². The Balaban J connectivity index is 1.73. The van der Waals surface area contributed by atoms with Crippen molar-refractivity contribution in [2.75, 3.05) is 25.6 Å². The fourth-order valence-corrected chi connectivity index (χ4v) is 4.30. The van der Waals surface area contributed by atoms with E-state index in [1.165, 1.54) is 13.2 Å². The van der Waals surface area contributed by atoms with Crippen LogP contribution in [-0.2, 0) is 9.59 Å². The van der Waals surface area contributed by atoms with Crippen LogP contribution in [0.3, 0.4) is 0 Å². The molecule has 1 heterocycles. The zero-order valence-corrected chi connectivity index (χ0v) is 19.9. The molecule has 1 aliphatic rings. The number of rotatable bonds is 8. The van der Waals surface area contributed by atoms with Crippen molar-refractivity contribution in [2.24, 2.45) is 0 Å². The number of methoxy groups -OCH3 is 1. The number of carbonyl (C=O) groups is 3. The number of nitrogens with zero attached hydrogens (tertiary/aromatic N) is 1. The third-order valence-corrected chi connectivity index (χ3v) is 5.91. The summed E-state index contributed by atoms with van der Waals surface area (Å²) in [4.78, 5) is 38.1. The minimum Gasteiger partial charge on any atom is -0.493 e. The summed E-state index contributed by atoms with van der Waals surface area (Å²) in [7, 11) is 1.47. The van der Waals surface area contributed by atoms with Crippen molar-refractivity contribution in [2.45, 2.75) is 6.92 Å². The van der Waals surface area contributed by atoms with Gasteiger partial charge in [-0.05, 0) is 70.5 Å². The van der Waals surface area contributed by atoms with Crippen LogP contribution in [0.25, 0.3) is 6.08 Å². The first-order valence-electron chi connectivity index (χ1n) is 9.55. The highest BCUT2D eigenvalue weighted by molar-refractivity contribution is 9.10. The van der Waals surface area contributed by atoms with Gasteiger partial charge in [-0.25, -0.2) is 0 Å². The smallest absolute Gasteiger partial charge is 0.293 e. The maximum Gasteiger partial charge on any atom is 0.293 e. The van der Waals surface area contributed by atoms with Crippen molar-refractivity contribution < 1.29 is 23.9 Å². The number of imide groups is 1. The molecule has 3 amide bonds. The molecule has 0 aromatic heterocycles. The predicted octanol–water partition coefficient (Wildman–Crippen LogP) is 5.01. The lowest BCUT2D eigenvalue weighted by atomic mass is 10.2. The second kappa shape index (κ2) is 10.5. The number of hydrogen-bond acceptors (Lipinski definition) is 6. The summed E-state index contributed by atoms with van der Waals surface area (Å²) in [5.74, 6) is 0.0356. The van der Waals surface area contributed by atoms with E-state index in [2.05, 4.69) is 27.8 Å². The molecule has 166 valence electrons. The molecule has 0 radical (unpaired) electrons. The van der Waals surface area contributed by atoms with Crippen LogP contribution in [0.1, 0.15) is 11.1 Å². The van der Waals surface area contributed by atoms with Crippen LogP contribution < -0.4 is 14.8 Å². The van der Waals surface area contributed by atoms with E-state index in [0.717, 1.165) is 22.2 Å². The van der Waals surface area contributed by atoms with Crippen molar-refractivity contribution in [1.29, 1.82) is 0 Å². The Morgan fingerprint density at radius 2 is 1.97 bits per heavy atom. The molecule has 3 rings (SSSR count). The Kier molecular flexibility index (Phi) is 7.76. The fourth-order valence-electron chi connectivity index (χ4n) is 2.87. The lowest BCUT2D eigenvalue weighted by Crippen LogP contribution is -2.27. The predicted molar refractivity (Wildman–Crippen MR) is 129 cm³/mol. The van der Waals surface area contributed by atoms with E-state index in [0.29, 0.717) is 32.1 Å². The standard InChI is InChI=1S/C23H21BrN2O5S/c1-4-9-26-22(28)19(32-23(26)29)12-15-10-17(24)21(18(11-15)30-3)31-13-20(27)25-16-7-5-14(2)6-8-16/h4-8,10-12H,1,9,13H2,2-3H3,(H,25,27)/b19-12+. The minimum absolute atomic E-state index is 0.159. The number of hydrogen-bond donors (Lipinski definition) is 1. The first-order valence-corrected chi connectivity index (χ1v) is 11.2. The van der Waals surface area contributed by atoms with Gasteiger partial charge in [0.25, 0.3) is 17.1 Å². The number of aryl methyl sites for hydroxylation is 1. The topological polar surface area (TPSA) is 84.9 Å². The van der Waals surface area contributed by atoms with Crippen LogP contribution in [-0.4, -0.2) is 42.2 Å². The summed E-state index contributed by atoms with van der Waals surface area (Å²) in [6.45, 7) is 5.47. The molecule has 9 heteroatoms. The molecule has 0 bridgehead atoms. The average molecular weight is 517 g/mol. The van der Waals surface area contributed by atoms with Gasteiger partial charge in [-0.3, -0.25) is 19.3 Å². The summed E-state index contributed by atoms with van der Waals surface area (Å²) in [5, 5.41) is 2.43. The van der Waals surface area contributed by atoms with Gasteiger partial charge in [0.05, 0.1) is 16.5 Å². The highest BCUT2D eigenvalue weighted by atomic mass is 79.9. The summed E-state index contributed by atoms with van der Waals surface area (Å²) in [6, 6.07) is 10.8. The molecule has 0 saturated carbocycles. The van der Waals surface area contributed by atoms with Crippen LogP contribution in [0.2, 0.25) is 0 Å². The summed E-state index contributed by atoms with van der Waals surface area (Å²) in [6.07, 6.45) is 3.11. The van der Waals surface area contributed by atoms with Gasteiger partial charge < -0.3 is 14.8 Å². The van der Waals surface area contributed by atoms with Crippen molar-refractivity contribution in [1.82, 2.24) is 4.90 Å². The van der Waals surface area contributed by atoms with Crippen LogP contribution in [0, 0.1) is 6.92 Å². The molecule has 1 aliphatic heterocycles. The molecule has 1 N–H and O–H groups in total. The molecule has 1 saturated heterocycles. The largest absolute Gasteiger partial charge is 0.493 e. The summed E-state index contributed by atoms with van der Waals surface area (Å²) >= 11 is 4.29. The molecule has 2 aromatic rings. The lowest BCUT2D eigenvalue weighted by molar-refractivity contribution is -0.122. The Hall–Kier alpha value is -3.04. The van der Waals surface area contributed by atoms with E-state index in [9.17, 15) is 14.4 Å². The molecule has 7 nitrogen and oxygen atoms in total. The number of carbonyl (C=O) groups excluding carboxylic acids is 3.